The van der Waals surface area contributed by atoms with Crippen molar-refractivity contribution in [1.29, 1.82) is 0 Å². The van der Waals surface area contributed by atoms with E-state index in [9.17, 15) is 0 Å². The smallest absolute Gasteiger partial charge is 0.0588 e. The van der Waals surface area contributed by atoms with E-state index < -0.39 is 0 Å². The van der Waals surface area contributed by atoms with Crippen LogP contribution in [0.5, 0.6) is 0 Å². The monoisotopic (exact) mass is 231 g/mol. The summed E-state index contributed by atoms with van der Waals surface area (Å²) in [4.78, 5) is 0. The van der Waals surface area contributed by atoms with Crippen molar-refractivity contribution in [2.24, 2.45) is 0 Å². The molecule has 1 aliphatic rings. The van der Waals surface area contributed by atoms with Gasteiger partial charge in [0, 0.05) is 13.2 Å². The Balaban J connectivity index is 1.55. The van der Waals surface area contributed by atoms with Gasteiger partial charge in [-0.05, 0) is 31.4 Å². The molecule has 0 spiro atoms. The van der Waals surface area contributed by atoms with E-state index in [1.54, 1.807) is 0 Å². The molecule has 92 valence electrons. The average molecular weight is 231 g/mol. The standard InChI is InChI=1S/C15H21NO/c1-2-6-14(7-3-1)8-4-11-16-12-10-15-9-5-13-17-15/h1-4,6-8,15-16H,5,9-13H2. The van der Waals surface area contributed by atoms with E-state index in [0.717, 1.165) is 26.1 Å². The van der Waals surface area contributed by atoms with Gasteiger partial charge in [-0.1, -0.05) is 42.5 Å². The minimum absolute atomic E-state index is 0.501. The third-order valence-corrected chi connectivity index (χ3v) is 3.04. The van der Waals surface area contributed by atoms with Crippen LogP contribution < -0.4 is 5.32 Å². The van der Waals surface area contributed by atoms with Crippen molar-refractivity contribution in [3.63, 3.8) is 0 Å². The molecule has 1 aromatic carbocycles. The van der Waals surface area contributed by atoms with E-state index in [4.69, 9.17) is 4.74 Å². The highest BCUT2D eigenvalue weighted by atomic mass is 16.5. The molecular weight excluding hydrogens is 210 g/mol. The van der Waals surface area contributed by atoms with Crippen LogP contribution in [-0.4, -0.2) is 25.8 Å². The van der Waals surface area contributed by atoms with Crippen LogP contribution in [0.15, 0.2) is 36.4 Å². The molecule has 0 aromatic heterocycles. The average Bonchev–Trinajstić information content (AvgIpc) is 2.88. The first-order valence-corrected chi connectivity index (χ1v) is 6.49. The molecule has 2 heteroatoms. The molecular formula is C15H21NO. The SMILES string of the molecule is C(=Cc1ccccc1)CNCCC1CCCO1. The lowest BCUT2D eigenvalue weighted by molar-refractivity contribution is 0.104. The Hall–Kier alpha value is -1.12. The molecule has 1 atom stereocenters. The van der Waals surface area contributed by atoms with E-state index in [2.05, 4.69) is 41.7 Å². The van der Waals surface area contributed by atoms with Crippen molar-refractivity contribution >= 4 is 6.08 Å². The van der Waals surface area contributed by atoms with Crippen LogP contribution in [0.25, 0.3) is 6.08 Å². The van der Waals surface area contributed by atoms with Gasteiger partial charge < -0.3 is 10.1 Å². The first-order chi connectivity index (χ1) is 8.45. The molecule has 0 radical (unpaired) electrons. The second kappa shape index (κ2) is 7.25. The molecule has 1 heterocycles. The minimum atomic E-state index is 0.501. The number of benzene rings is 1. The van der Waals surface area contributed by atoms with Crippen LogP contribution in [0.2, 0.25) is 0 Å². The number of hydrogen-bond acceptors (Lipinski definition) is 2. The molecule has 1 unspecified atom stereocenters. The Morgan fingerprint density at radius 3 is 2.94 bits per heavy atom. The predicted molar refractivity (Wildman–Crippen MR) is 71.9 cm³/mol. The van der Waals surface area contributed by atoms with Gasteiger partial charge in [0.05, 0.1) is 6.10 Å². The lowest BCUT2D eigenvalue weighted by atomic mass is 10.2. The topological polar surface area (TPSA) is 21.3 Å². The zero-order chi connectivity index (χ0) is 11.8. The Labute approximate surface area is 104 Å². The third kappa shape index (κ3) is 4.72. The molecule has 1 saturated heterocycles. The van der Waals surface area contributed by atoms with Gasteiger partial charge in [0.1, 0.15) is 0 Å². The van der Waals surface area contributed by atoms with Gasteiger partial charge in [0.25, 0.3) is 0 Å². The van der Waals surface area contributed by atoms with Gasteiger partial charge in [-0.25, -0.2) is 0 Å². The number of ether oxygens (including phenoxy) is 1. The van der Waals surface area contributed by atoms with E-state index in [0.29, 0.717) is 6.10 Å². The maximum atomic E-state index is 5.57. The quantitative estimate of drug-likeness (QED) is 0.760. The fraction of sp³-hybridized carbons (Fsp3) is 0.467. The zero-order valence-corrected chi connectivity index (χ0v) is 10.3. The zero-order valence-electron chi connectivity index (χ0n) is 10.3. The normalized spacial score (nSPS) is 20.1. The second-order valence-electron chi connectivity index (χ2n) is 4.44. The Morgan fingerprint density at radius 2 is 2.18 bits per heavy atom. The highest BCUT2D eigenvalue weighted by Gasteiger charge is 2.13. The summed E-state index contributed by atoms with van der Waals surface area (Å²) in [5, 5.41) is 3.42. The van der Waals surface area contributed by atoms with Crippen molar-refractivity contribution < 1.29 is 4.74 Å². The maximum Gasteiger partial charge on any atom is 0.0588 e. The van der Waals surface area contributed by atoms with Crippen LogP contribution in [0.1, 0.15) is 24.8 Å². The number of rotatable bonds is 6. The summed E-state index contributed by atoms with van der Waals surface area (Å²) < 4.78 is 5.57. The van der Waals surface area contributed by atoms with E-state index in [1.165, 1.54) is 18.4 Å². The van der Waals surface area contributed by atoms with Gasteiger partial charge in [-0.15, -0.1) is 0 Å². The third-order valence-electron chi connectivity index (χ3n) is 3.04. The summed E-state index contributed by atoms with van der Waals surface area (Å²) in [6, 6.07) is 10.4. The molecule has 2 nitrogen and oxygen atoms in total. The first-order valence-electron chi connectivity index (χ1n) is 6.49. The molecule has 1 N–H and O–H groups in total. The summed E-state index contributed by atoms with van der Waals surface area (Å²) in [5.41, 5.74) is 1.26. The summed E-state index contributed by atoms with van der Waals surface area (Å²) in [5.74, 6) is 0. The minimum Gasteiger partial charge on any atom is -0.378 e. The van der Waals surface area contributed by atoms with Crippen molar-refractivity contribution in [3.05, 3.63) is 42.0 Å². The maximum absolute atomic E-state index is 5.57. The summed E-state index contributed by atoms with van der Waals surface area (Å²) >= 11 is 0. The van der Waals surface area contributed by atoms with E-state index in [1.807, 2.05) is 6.07 Å². The van der Waals surface area contributed by atoms with Crippen LogP contribution >= 0.6 is 0 Å². The Bertz CT molecular complexity index is 328. The molecule has 0 bridgehead atoms. The first kappa shape index (κ1) is 12.3. The molecule has 1 aliphatic heterocycles. The molecule has 17 heavy (non-hydrogen) atoms. The fourth-order valence-corrected chi connectivity index (χ4v) is 2.08. The Kier molecular flexibility index (Phi) is 5.27. The molecule has 2 rings (SSSR count). The van der Waals surface area contributed by atoms with Crippen molar-refractivity contribution in [1.82, 2.24) is 5.32 Å². The lowest BCUT2D eigenvalue weighted by Gasteiger charge is -2.08. The van der Waals surface area contributed by atoms with Crippen LogP contribution in [0.3, 0.4) is 0 Å². The summed E-state index contributed by atoms with van der Waals surface area (Å²) in [6.07, 6.45) is 8.43. The molecule has 1 fully saturated rings. The van der Waals surface area contributed by atoms with Crippen LogP contribution in [0.4, 0.5) is 0 Å². The van der Waals surface area contributed by atoms with Crippen molar-refractivity contribution in [2.45, 2.75) is 25.4 Å². The second-order valence-corrected chi connectivity index (χ2v) is 4.44. The number of nitrogens with one attached hydrogen (secondary N) is 1. The van der Waals surface area contributed by atoms with Gasteiger partial charge in [-0.3, -0.25) is 0 Å². The van der Waals surface area contributed by atoms with Gasteiger partial charge >= 0.3 is 0 Å². The van der Waals surface area contributed by atoms with Crippen molar-refractivity contribution in [3.8, 4) is 0 Å². The number of hydrogen-bond donors (Lipinski definition) is 1. The van der Waals surface area contributed by atoms with E-state index >= 15 is 0 Å². The lowest BCUT2D eigenvalue weighted by Crippen LogP contribution is -2.20. The predicted octanol–water partition coefficient (Wildman–Crippen LogP) is 2.86. The van der Waals surface area contributed by atoms with Crippen LogP contribution in [0, 0.1) is 0 Å². The summed E-state index contributed by atoms with van der Waals surface area (Å²) in [7, 11) is 0. The molecule has 1 aromatic rings. The van der Waals surface area contributed by atoms with Crippen molar-refractivity contribution in [2.75, 3.05) is 19.7 Å². The van der Waals surface area contributed by atoms with Gasteiger partial charge in [-0.2, -0.15) is 0 Å². The largest absolute Gasteiger partial charge is 0.378 e. The summed E-state index contributed by atoms with van der Waals surface area (Å²) in [6.45, 7) is 2.93. The fourth-order valence-electron chi connectivity index (χ4n) is 2.08. The van der Waals surface area contributed by atoms with Gasteiger partial charge in [0.15, 0.2) is 0 Å². The molecule has 0 saturated carbocycles. The highest BCUT2D eigenvalue weighted by Crippen LogP contribution is 2.14. The highest BCUT2D eigenvalue weighted by molar-refractivity contribution is 5.48. The van der Waals surface area contributed by atoms with E-state index in [-0.39, 0.29) is 0 Å². The Morgan fingerprint density at radius 1 is 1.29 bits per heavy atom. The molecule has 0 amide bonds. The van der Waals surface area contributed by atoms with Crippen LogP contribution in [-0.2, 0) is 4.74 Å². The molecule has 0 aliphatic carbocycles. The van der Waals surface area contributed by atoms with Gasteiger partial charge in [0.2, 0.25) is 0 Å².